The Morgan fingerprint density at radius 2 is 1.80 bits per heavy atom. The maximum Gasteiger partial charge on any atom is 0.135 e. The van der Waals surface area contributed by atoms with Crippen molar-refractivity contribution in [3.05, 3.63) is 47.8 Å². The standard InChI is InChI=1S/C15H20N4O/c1-11-13(16-3)17-10-18-14(11)19-15(2,9-20)12-7-5-4-6-8-12/h4-8,10,20H,9H2,1-3H3,(H2,16,17,18,19). The fourth-order valence-electron chi connectivity index (χ4n) is 2.10. The number of hydrogen-bond acceptors (Lipinski definition) is 5. The lowest BCUT2D eigenvalue weighted by molar-refractivity contribution is 0.223. The van der Waals surface area contributed by atoms with E-state index < -0.39 is 5.54 Å². The second-order valence-corrected chi connectivity index (χ2v) is 4.93. The summed E-state index contributed by atoms with van der Waals surface area (Å²) in [5.41, 5.74) is 1.34. The van der Waals surface area contributed by atoms with Crippen LogP contribution < -0.4 is 10.6 Å². The van der Waals surface area contributed by atoms with Gasteiger partial charge in [-0.05, 0) is 19.4 Å². The van der Waals surface area contributed by atoms with E-state index in [-0.39, 0.29) is 6.61 Å². The van der Waals surface area contributed by atoms with Crippen LogP contribution in [0.15, 0.2) is 36.7 Å². The molecule has 1 atom stereocenters. The molecule has 0 saturated heterocycles. The first-order valence-electron chi connectivity index (χ1n) is 6.54. The van der Waals surface area contributed by atoms with Gasteiger partial charge in [0, 0.05) is 12.6 Å². The molecule has 0 amide bonds. The van der Waals surface area contributed by atoms with E-state index in [1.165, 1.54) is 6.33 Å². The molecular formula is C15H20N4O. The van der Waals surface area contributed by atoms with Crippen LogP contribution in [-0.2, 0) is 5.54 Å². The normalized spacial score (nSPS) is 13.6. The molecule has 0 fully saturated rings. The molecule has 0 aliphatic rings. The van der Waals surface area contributed by atoms with Crippen molar-refractivity contribution in [2.75, 3.05) is 24.3 Å². The zero-order valence-electron chi connectivity index (χ0n) is 12.0. The number of nitrogens with zero attached hydrogens (tertiary/aromatic N) is 2. The highest BCUT2D eigenvalue weighted by molar-refractivity contribution is 5.57. The third kappa shape index (κ3) is 2.72. The Labute approximate surface area is 119 Å². The smallest absolute Gasteiger partial charge is 0.135 e. The lowest BCUT2D eigenvalue weighted by Crippen LogP contribution is -2.36. The lowest BCUT2D eigenvalue weighted by Gasteiger charge is -2.30. The largest absolute Gasteiger partial charge is 0.394 e. The molecule has 0 radical (unpaired) electrons. The predicted molar refractivity (Wildman–Crippen MR) is 80.8 cm³/mol. The number of aromatic nitrogens is 2. The second kappa shape index (κ2) is 5.88. The summed E-state index contributed by atoms with van der Waals surface area (Å²) >= 11 is 0. The van der Waals surface area contributed by atoms with Crippen molar-refractivity contribution in [3.8, 4) is 0 Å². The van der Waals surface area contributed by atoms with E-state index in [1.54, 1.807) is 0 Å². The molecule has 106 valence electrons. The van der Waals surface area contributed by atoms with E-state index >= 15 is 0 Å². The van der Waals surface area contributed by atoms with Gasteiger partial charge >= 0.3 is 0 Å². The number of nitrogens with one attached hydrogen (secondary N) is 2. The topological polar surface area (TPSA) is 70.1 Å². The molecule has 1 aromatic heterocycles. The van der Waals surface area contributed by atoms with E-state index in [2.05, 4.69) is 20.6 Å². The molecule has 3 N–H and O–H groups in total. The van der Waals surface area contributed by atoms with E-state index in [0.717, 1.165) is 16.9 Å². The number of benzene rings is 1. The SMILES string of the molecule is CNc1ncnc(NC(C)(CO)c2ccccc2)c1C. The van der Waals surface area contributed by atoms with Crippen molar-refractivity contribution in [1.29, 1.82) is 0 Å². The van der Waals surface area contributed by atoms with Crippen molar-refractivity contribution in [2.24, 2.45) is 0 Å². The first-order valence-corrected chi connectivity index (χ1v) is 6.54. The molecule has 1 aromatic carbocycles. The van der Waals surface area contributed by atoms with Crippen molar-refractivity contribution in [3.63, 3.8) is 0 Å². The van der Waals surface area contributed by atoms with Gasteiger partial charge in [-0.2, -0.15) is 0 Å². The maximum atomic E-state index is 9.80. The van der Waals surface area contributed by atoms with Crippen molar-refractivity contribution < 1.29 is 5.11 Å². The van der Waals surface area contributed by atoms with Gasteiger partial charge in [0.25, 0.3) is 0 Å². The molecule has 0 aliphatic carbocycles. The Balaban J connectivity index is 2.36. The fraction of sp³-hybridized carbons (Fsp3) is 0.333. The van der Waals surface area contributed by atoms with Crippen LogP contribution in [0, 0.1) is 6.92 Å². The number of rotatable bonds is 5. The van der Waals surface area contributed by atoms with E-state index in [0.29, 0.717) is 5.82 Å². The van der Waals surface area contributed by atoms with Crippen LogP contribution in [0.3, 0.4) is 0 Å². The first kappa shape index (κ1) is 14.3. The number of anilines is 2. The predicted octanol–water partition coefficient (Wildman–Crippen LogP) is 2.15. The van der Waals surface area contributed by atoms with E-state index in [1.807, 2.05) is 51.2 Å². The summed E-state index contributed by atoms with van der Waals surface area (Å²) in [4.78, 5) is 8.43. The number of aliphatic hydroxyl groups is 1. The molecule has 20 heavy (non-hydrogen) atoms. The molecule has 2 aromatic rings. The first-order chi connectivity index (χ1) is 9.60. The molecule has 5 nitrogen and oxygen atoms in total. The number of aliphatic hydroxyl groups excluding tert-OH is 1. The molecule has 0 bridgehead atoms. The molecule has 1 unspecified atom stereocenters. The van der Waals surface area contributed by atoms with Crippen molar-refractivity contribution >= 4 is 11.6 Å². The Morgan fingerprint density at radius 1 is 1.15 bits per heavy atom. The molecular weight excluding hydrogens is 252 g/mol. The van der Waals surface area contributed by atoms with Gasteiger partial charge in [0.1, 0.15) is 18.0 Å². The average Bonchev–Trinajstić information content (AvgIpc) is 2.50. The Kier molecular flexibility index (Phi) is 4.20. The van der Waals surface area contributed by atoms with Gasteiger partial charge in [-0.15, -0.1) is 0 Å². The van der Waals surface area contributed by atoms with Crippen molar-refractivity contribution in [2.45, 2.75) is 19.4 Å². The zero-order chi connectivity index (χ0) is 14.6. The third-order valence-corrected chi connectivity index (χ3v) is 3.44. The van der Waals surface area contributed by atoms with Crippen LogP contribution in [0.2, 0.25) is 0 Å². The quantitative estimate of drug-likeness (QED) is 0.778. The van der Waals surface area contributed by atoms with Crippen LogP contribution >= 0.6 is 0 Å². The molecule has 0 aliphatic heterocycles. The van der Waals surface area contributed by atoms with Gasteiger partial charge in [-0.3, -0.25) is 0 Å². The summed E-state index contributed by atoms with van der Waals surface area (Å²) in [6.07, 6.45) is 1.50. The Morgan fingerprint density at radius 3 is 2.40 bits per heavy atom. The van der Waals surface area contributed by atoms with E-state index in [4.69, 9.17) is 0 Å². The van der Waals surface area contributed by atoms with Gasteiger partial charge in [0.05, 0.1) is 12.1 Å². The monoisotopic (exact) mass is 272 g/mol. The minimum absolute atomic E-state index is 0.0324. The van der Waals surface area contributed by atoms with Crippen LogP contribution in [0.1, 0.15) is 18.1 Å². The summed E-state index contributed by atoms with van der Waals surface area (Å²) in [6, 6.07) is 9.83. The fourth-order valence-corrected chi connectivity index (χ4v) is 2.10. The second-order valence-electron chi connectivity index (χ2n) is 4.93. The maximum absolute atomic E-state index is 9.80. The lowest BCUT2D eigenvalue weighted by atomic mass is 9.92. The van der Waals surface area contributed by atoms with Gasteiger partial charge < -0.3 is 15.7 Å². The highest BCUT2D eigenvalue weighted by Gasteiger charge is 2.26. The zero-order valence-corrected chi connectivity index (χ0v) is 12.0. The molecule has 0 spiro atoms. The minimum atomic E-state index is -0.592. The summed E-state index contributed by atoms with van der Waals surface area (Å²) in [7, 11) is 1.82. The average molecular weight is 272 g/mol. The van der Waals surface area contributed by atoms with Gasteiger partial charge in [-0.25, -0.2) is 9.97 Å². The molecule has 0 saturated carbocycles. The van der Waals surface area contributed by atoms with Crippen LogP contribution in [0.5, 0.6) is 0 Å². The van der Waals surface area contributed by atoms with E-state index in [9.17, 15) is 5.11 Å². The number of hydrogen-bond donors (Lipinski definition) is 3. The third-order valence-electron chi connectivity index (χ3n) is 3.44. The molecule has 2 rings (SSSR count). The Bertz CT molecular complexity index is 573. The van der Waals surface area contributed by atoms with Crippen molar-refractivity contribution in [1.82, 2.24) is 9.97 Å². The highest BCUT2D eigenvalue weighted by atomic mass is 16.3. The van der Waals surface area contributed by atoms with Crippen LogP contribution in [0.4, 0.5) is 11.6 Å². The summed E-state index contributed by atoms with van der Waals surface area (Å²) in [5, 5.41) is 16.1. The highest BCUT2D eigenvalue weighted by Crippen LogP contribution is 2.27. The van der Waals surface area contributed by atoms with Crippen LogP contribution in [-0.4, -0.2) is 28.7 Å². The Hall–Kier alpha value is -2.14. The summed E-state index contributed by atoms with van der Waals surface area (Å²) in [6.45, 7) is 3.86. The van der Waals surface area contributed by atoms with Crippen LogP contribution in [0.25, 0.3) is 0 Å². The summed E-state index contributed by atoms with van der Waals surface area (Å²) < 4.78 is 0. The van der Waals surface area contributed by atoms with Gasteiger partial charge in [0.15, 0.2) is 0 Å². The molecule has 1 heterocycles. The van der Waals surface area contributed by atoms with Gasteiger partial charge in [-0.1, -0.05) is 30.3 Å². The summed E-state index contributed by atoms with van der Waals surface area (Å²) in [5.74, 6) is 1.49. The molecule has 5 heteroatoms. The van der Waals surface area contributed by atoms with Gasteiger partial charge in [0.2, 0.25) is 0 Å². The minimum Gasteiger partial charge on any atom is -0.394 e.